The van der Waals surface area contributed by atoms with Gasteiger partial charge in [-0.3, -0.25) is 14.4 Å². The second-order valence-electron chi connectivity index (χ2n) is 9.66. The molecule has 0 fully saturated rings. The topological polar surface area (TPSA) is 95.5 Å². The Bertz CT molecular complexity index is 1150. The average Bonchev–Trinajstić information content (AvgIpc) is 2.79. The van der Waals surface area contributed by atoms with Crippen LogP contribution in [0.15, 0.2) is 78.2 Å². The first-order valence-corrected chi connectivity index (χ1v) is 11.9. The highest BCUT2D eigenvalue weighted by atomic mass is 16.4. The van der Waals surface area contributed by atoms with Gasteiger partial charge in [0.1, 0.15) is 0 Å². The molecule has 6 nitrogen and oxygen atoms in total. The number of carbonyl (C=O) groups excluding carboxylic acids is 2. The molecule has 6 heteroatoms. The van der Waals surface area contributed by atoms with E-state index < -0.39 is 23.8 Å². The fourth-order valence-corrected chi connectivity index (χ4v) is 4.53. The molecule has 1 aliphatic carbocycles. The molecule has 0 radical (unpaired) electrons. The van der Waals surface area contributed by atoms with E-state index in [9.17, 15) is 19.5 Å². The number of allylic oxidation sites excluding steroid dienone is 8. The van der Waals surface area contributed by atoms with Gasteiger partial charge in [0, 0.05) is 17.0 Å². The maximum Gasteiger partial charge on any atom is 0.305 e. The van der Waals surface area contributed by atoms with Crippen LogP contribution in [0.2, 0.25) is 0 Å². The second-order valence-corrected chi connectivity index (χ2v) is 9.66. The number of amides is 1. The van der Waals surface area contributed by atoms with Gasteiger partial charge in [0.25, 0.3) is 0 Å². The molecule has 3 N–H and O–H groups in total. The third-order valence-corrected chi connectivity index (χ3v) is 6.39. The van der Waals surface area contributed by atoms with Crippen molar-refractivity contribution in [1.82, 2.24) is 10.6 Å². The van der Waals surface area contributed by atoms with E-state index in [1.165, 1.54) is 6.08 Å². The van der Waals surface area contributed by atoms with Gasteiger partial charge in [0.15, 0.2) is 5.78 Å². The Kier molecular flexibility index (Phi) is 8.28. The fraction of sp³-hybridized carbons (Fsp3) is 0.345. The summed E-state index contributed by atoms with van der Waals surface area (Å²) in [5.41, 5.74) is 5.41. The lowest BCUT2D eigenvalue weighted by molar-refractivity contribution is -0.138. The van der Waals surface area contributed by atoms with E-state index >= 15 is 0 Å². The van der Waals surface area contributed by atoms with Crippen molar-refractivity contribution in [1.29, 1.82) is 0 Å². The first-order chi connectivity index (χ1) is 16.6. The average molecular weight is 475 g/mol. The molecule has 2 aliphatic rings. The smallest absolute Gasteiger partial charge is 0.305 e. The van der Waals surface area contributed by atoms with Crippen molar-refractivity contribution in [2.45, 2.75) is 46.6 Å². The van der Waals surface area contributed by atoms with E-state index in [1.807, 2.05) is 58.0 Å². The summed E-state index contributed by atoms with van der Waals surface area (Å²) in [7, 11) is 0. The minimum absolute atomic E-state index is 0.110. The summed E-state index contributed by atoms with van der Waals surface area (Å²) in [6.07, 6.45) is 9.00. The normalized spacial score (nSPS) is 19.3. The Labute approximate surface area is 207 Å². The highest BCUT2D eigenvalue weighted by molar-refractivity contribution is 5.98. The molecule has 3 atom stereocenters. The van der Waals surface area contributed by atoms with Gasteiger partial charge >= 0.3 is 5.97 Å². The first kappa shape index (κ1) is 25.9. The monoisotopic (exact) mass is 474 g/mol. The number of ketones is 1. The zero-order valence-electron chi connectivity index (χ0n) is 20.8. The molecule has 1 heterocycles. The maximum atomic E-state index is 13.5. The summed E-state index contributed by atoms with van der Waals surface area (Å²) in [5, 5.41) is 15.8. The lowest BCUT2D eigenvalue weighted by atomic mass is 9.80. The number of aliphatic carboxylic acids is 1. The second kappa shape index (κ2) is 11.2. The lowest BCUT2D eigenvalue weighted by Crippen LogP contribution is -2.40. The molecule has 184 valence electrons. The summed E-state index contributed by atoms with van der Waals surface area (Å²) >= 11 is 0. The molecule has 35 heavy (non-hydrogen) atoms. The van der Waals surface area contributed by atoms with Crippen LogP contribution in [-0.4, -0.2) is 22.8 Å². The van der Waals surface area contributed by atoms with Crippen LogP contribution in [0, 0.1) is 17.8 Å². The number of carboxylic acids is 1. The third-order valence-electron chi connectivity index (χ3n) is 6.39. The van der Waals surface area contributed by atoms with Gasteiger partial charge in [-0.1, -0.05) is 56.9 Å². The van der Waals surface area contributed by atoms with Gasteiger partial charge < -0.3 is 15.7 Å². The highest BCUT2D eigenvalue weighted by Crippen LogP contribution is 2.31. The zero-order chi connectivity index (χ0) is 25.7. The molecule has 1 aliphatic heterocycles. The van der Waals surface area contributed by atoms with Crippen molar-refractivity contribution in [2.75, 3.05) is 0 Å². The number of hydrogen-bond donors (Lipinski definition) is 3. The Morgan fingerprint density at radius 3 is 2.60 bits per heavy atom. The Hall–Kier alpha value is -3.67. The number of carbonyl (C=O) groups is 3. The Balaban J connectivity index is 1.92. The van der Waals surface area contributed by atoms with Crippen molar-refractivity contribution in [3.8, 4) is 0 Å². The molecule has 1 aromatic carbocycles. The summed E-state index contributed by atoms with van der Waals surface area (Å²) in [4.78, 5) is 37.7. The lowest BCUT2D eigenvalue weighted by Gasteiger charge is -2.28. The van der Waals surface area contributed by atoms with E-state index in [0.717, 1.165) is 28.1 Å². The molecule has 0 saturated heterocycles. The van der Waals surface area contributed by atoms with Crippen LogP contribution in [0.5, 0.6) is 0 Å². The molecule has 0 spiro atoms. The summed E-state index contributed by atoms with van der Waals surface area (Å²) in [6, 6.07) is 6.83. The highest BCUT2D eigenvalue weighted by Gasteiger charge is 2.33. The molecule has 0 aromatic heterocycles. The minimum Gasteiger partial charge on any atom is -0.481 e. The Morgan fingerprint density at radius 2 is 1.94 bits per heavy atom. The van der Waals surface area contributed by atoms with Gasteiger partial charge in [-0.05, 0) is 61.1 Å². The molecule has 0 saturated carbocycles. The van der Waals surface area contributed by atoms with E-state index in [1.54, 1.807) is 18.2 Å². The minimum atomic E-state index is -1.01. The quantitative estimate of drug-likeness (QED) is 0.464. The summed E-state index contributed by atoms with van der Waals surface area (Å²) in [6.45, 7) is 12.0. The largest absolute Gasteiger partial charge is 0.481 e. The number of carboxylic acid groups (broad SMARTS) is 1. The van der Waals surface area contributed by atoms with Gasteiger partial charge in [-0.25, -0.2) is 0 Å². The van der Waals surface area contributed by atoms with Gasteiger partial charge in [0.05, 0.1) is 24.3 Å². The van der Waals surface area contributed by atoms with Crippen LogP contribution < -0.4 is 10.6 Å². The number of hydrogen-bond acceptors (Lipinski definition) is 4. The van der Waals surface area contributed by atoms with Crippen molar-refractivity contribution >= 4 is 23.2 Å². The van der Waals surface area contributed by atoms with Crippen LogP contribution in [0.1, 0.15) is 57.7 Å². The van der Waals surface area contributed by atoms with Crippen molar-refractivity contribution in [3.05, 3.63) is 89.3 Å². The van der Waals surface area contributed by atoms with Crippen molar-refractivity contribution in [2.24, 2.45) is 17.8 Å². The van der Waals surface area contributed by atoms with Crippen LogP contribution in [-0.2, 0) is 14.4 Å². The number of benzene rings is 1. The third kappa shape index (κ3) is 6.47. The molecule has 1 amide bonds. The predicted octanol–water partition coefficient (Wildman–Crippen LogP) is 5.09. The summed E-state index contributed by atoms with van der Waals surface area (Å²) in [5.74, 6) is -2.37. The number of nitrogens with one attached hydrogen (secondary N) is 2. The maximum absolute atomic E-state index is 13.5. The molecule has 1 aromatic rings. The van der Waals surface area contributed by atoms with Crippen molar-refractivity contribution in [3.63, 3.8) is 0 Å². The number of dihydropyridines is 1. The van der Waals surface area contributed by atoms with Gasteiger partial charge in [-0.15, -0.1) is 0 Å². The molecular formula is C29H34N2O4. The van der Waals surface area contributed by atoms with Crippen LogP contribution in [0.25, 0.3) is 5.57 Å². The van der Waals surface area contributed by atoms with E-state index in [0.29, 0.717) is 12.0 Å². The molecule has 1 unspecified atom stereocenters. The van der Waals surface area contributed by atoms with Crippen LogP contribution >= 0.6 is 0 Å². The molecule has 3 rings (SSSR count). The van der Waals surface area contributed by atoms with Crippen molar-refractivity contribution < 1.29 is 19.5 Å². The first-order valence-electron chi connectivity index (χ1n) is 11.9. The van der Waals surface area contributed by atoms with Crippen LogP contribution in [0.4, 0.5) is 0 Å². The standard InChI is InChI=1S/C29H34N2O4/c1-17(2)13-25(23-11-6-7-12-27(23)32)29(35)31-26(16-28(33)34)22-10-8-9-21(15-22)24-14-18(3)19(4)30-20(24)5/h6-12,14-15,17,23,25-26,30H,4,13,16H2,1-3,5H3,(H,31,35)(H,33,34)/t23?,25-,26-/m0/s1. The Morgan fingerprint density at radius 1 is 1.20 bits per heavy atom. The van der Waals surface area contributed by atoms with E-state index in [4.69, 9.17) is 0 Å². The SMILES string of the molecule is C=C1NC(C)=C(c2cccc([C@H](CC(=O)O)NC(=O)[C@@H](CC(C)C)C3C=CC=CC3=O)c2)C=C1C. The van der Waals surface area contributed by atoms with E-state index in [-0.39, 0.29) is 24.0 Å². The number of rotatable bonds is 9. The van der Waals surface area contributed by atoms with Crippen LogP contribution in [0.3, 0.4) is 0 Å². The summed E-state index contributed by atoms with van der Waals surface area (Å²) < 4.78 is 0. The fourth-order valence-electron chi connectivity index (χ4n) is 4.53. The van der Waals surface area contributed by atoms with E-state index in [2.05, 4.69) is 17.2 Å². The molecule has 0 bridgehead atoms. The zero-order valence-corrected chi connectivity index (χ0v) is 20.8. The predicted molar refractivity (Wildman–Crippen MR) is 138 cm³/mol. The van der Waals surface area contributed by atoms with Gasteiger partial charge in [-0.2, -0.15) is 0 Å². The van der Waals surface area contributed by atoms with Gasteiger partial charge in [0.2, 0.25) is 5.91 Å². The molecular weight excluding hydrogens is 440 g/mol.